The van der Waals surface area contributed by atoms with E-state index < -0.39 is 0 Å². The molecule has 2 atom stereocenters. The Morgan fingerprint density at radius 2 is 1.69 bits per heavy atom. The maximum atomic E-state index is 13.0. The first-order valence-electron chi connectivity index (χ1n) is 11.2. The number of carbonyl (C=O) groups is 2. The van der Waals surface area contributed by atoms with Crippen molar-refractivity contribution < 1.29 is 14.5 Å². The van der Waals surface area contributed by atoms with Gasteiger partial charge in [0.2, 0.25) is 0 Å². The fourth-order valence-electron chi connectivity index (χ4n) is 6.33. The van der Waals surface area contributed by atoms with Crippen LogP contribution in [-0.2, 0) is 9.59 Å². The highest BCUT2D eigenvalue weighted by Crippen LogP contribution is 2.55. The third-order valence-electron chi connectivity index (χ3n) is 7.67. The normalized spacial score (nSPS) is 31.9. The third kappa shape index (κ3) is 4.35. The Labute approximate surface area is 174 Å². The number of rotatable bonds is 6. The molecule has 158 valence electrons. The van der Waals surface area contributed by atoms with Gasteiger partial charge in [-0.3, -0.25) is 9.59 Å². The van der Waals surface area contributed by atoms with Crippen molar-refractivity contribution in [3.05, 3.63) is 29.3 Å². The number of amides is 2. The van der Waals surface area contributed by atoms with Gasteiger partial charge in [0.25, 0.3) is 11.8 Å². The molecule has 1 unspecified atom stereocenters. The second kappa shape index (κ2) is 7.75. The summed E-state index contributed by atoms with van der Waals surface area (Å²) in [5.74, 6) is 2.48. The second-order valence-corrected chi connectivity index (χ2v) is 10.3. The van der Waals surface area contributed by atoms with E-state index in [0.29, 0.717) is 0 Å². The van der Waals surface area contributed by atoms with Gasteiger partial charge in [-0.1, -0.05) is 12.1 Å². The van der Waals surface area contributed by atoms with E-state index in [4.69, 9.17) is 0 Å². The molecule has 4 aliphatic rings. The molecule has 5 heteroatoms. The standard InChI is InChI=1S/C24H35N3O2/c1-15-5-6-16(2)21(7-15)25-22(28)14-27(4)17(3)23(29)26-24-11-18-8-19(12-24)10-20(9-18)13-24/h5-7,17-20H,8-14H2,1-4H3,(H,25,28)(H,26,29)/p+1/t17-,18?,19?,20?,24?/m1/s1. The minimum atomic E-state index is -0.243. The summed E-state index contributed by atoms with van der Waals surface area (Å²) in [6, 6.07) is 5.81. The monoisotopic (exact) mass is 398 g/mol. The Balaban J connectivity index is 1.33. The van der Waals surface area contributed by atoms with Crippen molar-refractivity contribution in [2.45, 2.75) is 70.9 Å². The molecule has 0 radical (unpaired) electrons. The smallest absolute Gasteiger partial charge is 0.279 e. The van der Waals surface area contributed by atoms with Gasteiger partial charge in [-0.25, -0.2) is 0 Å². The van der Waals surface area contributed by atoms with E-state index in [2.05, 4.69) is 10.6 Å². The minimum absolute atomic E-state index is 0.0291. The number of benzene rings is 1. The van der Waals surface area contributed by atoms with Gasteiger partial charge in [0.05, 0.1) is 7.05 Å². The molecule has 4 bridgehead atoms. The molecule has 0 saturated heterocycles. The molecule has 0 spiro atoms. The van der Waals surface area contributed by atoms with E-state index >= 15 is 0 Å². The van der Waals surface area contributed by atoms with E-state index in [9.17, 15) is 9.59 Å². The fraction of sp³-hybridized carbons (Fsp3) is 0.667. The summed E-state index contributed by atoms with van der Waals surface area (Å²) >= 11 is 0. The van der Waals surface area contributed by atoms with Gasteiger partial charge in [0, 0.05) is 11.2 Å². The zero-order chi connectivity index (χ0) is 20.8. The van der Waals surface area contributed by atoms with E-state index in [-0.39, 0.29) is 29.9 Å². The fourth-order valence-corrected chi connectivity index (χ4v) is 6.33. The zero-order valence-electron chi connectivity index (χ0n) is 18.3. The molecule has 4 fully saturated rings. The lowest BCUT2D eigenvalue weighted by molar-refractivity contribution is -0.885. The summed E-state index contributed by atoms with van der Waals surface area (Å²) in [7, 11) is 1.94. The molecular formula is C24H36N3O2+. The van der Waals surface area contributed by atoms with Crippen LogP contribution in [-0.4, -0.2) is 37.0 Å². The molecule has 29 heavy (non-hydrogen) atoms. The first-order chi connectivity index (χ1) is 13.7. The predicted molar refractivity (Wildman–Crippen MR) is 115 cm³/mol. The lowest BCUT2D eigenvalue weighted by Gasteiger charge is -2.57. The summed E-state index contributed by atoms with van der Waals surface area (Å²) < 4.78 is 0. The highest BCUT2D eigenvalue weighted by molar-refractivity contribution is 5.92. The lowest BCUT2D eigenvalue weighted by Crippen LogP contribution is -3.15. The zero-order valence-corrected chi connectivity index (χ0v) is 18.3. The summed E-state index contributed by atoms with van der Waals surface area (Å²) in [5.41, 5.74) is 3.05. The second-order valence-electron chi connectivity index (χ2n) is 10.3. The number of hydrogen-bond acceptors (Lipinski definition) is 2. The van der Waals surface area contributed by atoms with E-state index in [1.807, 2.05) is 46.0 Å². The maximum Gasteiger partial charge on any atom is 0.279 e. The first-order valence-corrected chi connectivity index (χ1v) is 11.2. The average molecular weight is 399 g/mol. The SMILES string of the molecule is Cc1ccc(C)c(NC(=O)C[NH+](C)[C@H](C)C(=O)NC23CC4CC(CC(C4)C2)C3)c1. The number of anilines is 1. The predicted octanol–water partition coefficient (Wildman–Crippen LogP) is 2.23. The molecular weight excluding hydrogens is 362 g/mol. The molecule has 0 aliphatic heterocycles. The summed E-state index contributed by atoms with van der Waals surface area (Å²) in [5, 5.41) is 6.46. The maximum absolute atomic E-state index is 13.0. The molecule has 1 aromatic rings. The summed E-state index contributed by atoms with van der Waals surface area (Å²) in [6.07, 6.45) is 7.58. The molecule has 5 rings (SSSR count). The molecule has 2 amide bonds. The number of aryl methyl sites for hydroxylation is 2. The topological polar surface area (TPSA) is 62.6 Å². The van der Waals surface area contributed by atoms with E-state index in [0.717, 1.165) is 58.7 Å². The van der Waals surface area contributed by atoms with Gasteiger partial charge in [-0.15, -0.1) is 0 Å². The van der Waals surface area contributed by atoms with Crippen molar-refractivity contribution in [2.24, 2.45) is 17.8 Å². The van der Waals surface area contributed by atoms with Crippen molar-refractivity contribution in [2.75, 3.05) is 18.9 Å². The van der Waals surface area contributed by atoms with Crippen LogP contribution in [0.4, 0.5) is 5.69 Å². The molecule has 4 saturated carbocycles. The van der Waals surface area contributed by atoms with Crippen LogP contribution in [0.2, 0.25) is 0 Å². The van der Waals surface area contributed by atoms with Gasteiger partial charge in [-0.05, 0) is 94.2 Å². The molecule has 5 nitrogen and oxygen atoms in total. The number of likely N-dealkylation sites (N-methyl/N-ethyl adjacent to an activating group) is 1. The van der Waals surface area contributed by atoms with Crippen molar-refractivity contribution in [3.63, 3.8) is 0 Å². The number of nitrogens with one attached hydrogen (secondary N) is 3. The summed E-state index contributed by atoms with van der Waals surface area (Å²) in [4.78, 5) is 26.5. The average Bonchev–Trinajstić information content (AvgIpc) is 2.62. The van der Waals surface area contributed by atoms with Crippen molar-refractivity contribution in [1.82, 2.24) is 5.32 Å². The van der Waals surface area contributed by atoms with Gasteiger partial charge in [-0.2, -0.15) is 0 Å². The highest BCUT2D eigenvalue weighted by atomic mass is 16.2. The lowest BCUT2D eigenvalue weighted by atomic mass is 9.53. The van der Waals surface area contributed by atoms with E-state index in [1.165, 1.54) is 19.3 Å². The number of quaternary nitrogens is 1. The van der Waals surface area contributed by atoms with Crippen LogP contribution in [0.1, 0.15) is 56.6 Å². The Morgan fingerprint density at radius 3 is 2.28 bits per heavy atom. The first kappa shape index (κ1) is 20.4. The molecule has 4 aliphatic carbocycles. The number of hydrogen-bond donors (Lipinski definition) is 3. The molecule has 3 N–H and O–H groups in total. The van der Waals surface area contributed by atoms with Gasteiger partial charge >= 0.3 is 0 Å². The molecule has 0 aromatic heterocycles. The Kier molecular flexibility index (Phi) is 5.45. The van der Waals surface area contributed by atoms with Crippen LogP contribution in [0.25, 0.3) is 0 Å². The van der Waals surface area contributed by atoms with Crippen LogP contribution < -0.4 is 15.5 Å². The van der Waals surface area contributed by atoms with Crippen molar-refractivity contribution in [3.8, 4) is 0 Å². The van der Waals surface area contributed by atoms with Gasteiger partial charge in [0.15, 0.2) is 12.6 Å². The minimum Gasteiger partial charge on any atom is -0.345 e. The van der Waals surface area contributed by atoms with Crippen LogP contribution in [0, 0.1) is 31.6 Å². The van der Waals surface area contributed by atoms with Crippen molar-refractivity contribution in [1.29, 1.82) is 0 Å². The molecule has 1 aromatic carbocycles. The van der Waals surface area contributed by atoms with Crippen molar-refractivity contribution >= 4 is 17.5 Å². The Bertz CT molecular complexity index is 768. The quantitative estimate of drug-likeness (QED) is 0.688. The largest absolute Gasteiger partial charge is 0.345 e. The van der Waals surface area contributed by atoms with Crippen LogP contribution in [0.5, 0.6) is 0 Å². The van der Waals surface area contributed by atoms with Gasteiger partial charge in [0.1, 0.15) is 0 Å². The summed E-state index contributed by atoms with van der Waals surface area (Å²) in [6.45, 7) is 6.23. The van der Waals surface area contributed by atoms with E-state index in [1.54, 1.807) is 0 Å². The van der Waals surface area contributed by atoms with Crippen LogP contribution >= 0.6 is 0 Å². The van der Waals surface area contributed by atoms with Gasteiger partial charge < -0.3 is 15.5 Å². The number of carbonyl (C=O) groups excluding carboxylic acids is 2. The van der Waals surface area contributed by atoms with Crippen LogP contribution in [0.3, 0.4) is 0 Å². The molecule has 0 heterocycles. The highest BCUT2D eigenvalue weighted by Gasteiger charge is 2.52. The Morgan fingerprint density at radius 1 is 1.10 bits per heavy atom. The third-order valence-corrected chi connectivity index (χ3v) is 7.67. The Hall–Kier alpha value is -1.88. The van der Waals surface area contributed by atoms with Crippen LogP contribution in [0.15, 0.2) is 18.2 Å².